The number of benzene rings is 2. The zero-order chi connectivity index (χ0) is 17.8. The van der Waals surface area contributed by atoms with Gasteiger partial charge in [0.1, 0.15) is 17.5 Å². The summed E-state index contributed by atoms with van der Waals surface area (Å²) in [6.07, 6.45) is 1.17. The molecule has 2 unspecified atom stereocenters. The van der Waals surface area contributed by atoms with Crippen molar-refractivity contribution in [2.24, 2.45) is 4.99 Å². The summed E-state index contributed by atoms with van der Waals surface area (Å²) in [5.74, 6) is -0.375. The van der Waals surface area contributed by atoms with Crippen LogP contribution in [0.25, 0.3) is 0 Å². The van der Waals surface area contributed by atoms with E-state index in [1.165, 1.54) is 12.1 Å². The molecule has 2 aromatic rings. The van der Waals surface area contributed by atoms with Crippen molar-refractivity contribution in [1.82, 2.24) is 10.6 Å². The van der Waals surface area contributed by atoms with Gasteiger partial charge >= 0.3 is 0 Å². The summed E-state index contributed by atoms with van der Waals surface area (Å²) in [6, 6.07) is 10.3. The molecule has 2 aromatic carbocycles. The van der Waals surface area contributed by atoms with E-state index in [0.29, 0.717) is 30.1 Å². The van der Waals surface area contributed by atoms with E-state index in [-0.39, 0.29) is 17.8 Å². The third-order valence-corrected chi connectivity index (χ3v) is 4.34. The van der Waals surface area contributed by atoms with Crippen LogP contribution in [0, 0.1) is 17.5 Å². The molecule has 0 saturated heterocycles. The van der Waals surface area contributed by atoms with Gasteiger partial charge in [0.25, 0.3) is 0 Å². The second kappa shape index (κ2) is 7.59. The molecule has 0 bridgehead atoms. The van der Waals surface area contributed by atoms with Crippen LogP contribution < -0.4 is 10.6 Å². The number of rotatable bonds is 5. The number of aliphatic imine (C=N–C) groups is 1. The zero-order valence-corrected chi connectivity index (χ0v) is 13.9. The van der Waals surface area contributed by atoms with Crippen molar-refractivity contribution in [1.29, 1.82) is 0 Å². The zero-order valence-electron chi connectivity index (χ0n) is 13.9. The standard InChI is InChI=1S/C19H20F3N3/c1-23-19(24-9-8-12-10-13(20)6-7-16(12)21)25-18-11-15(18)14-4-2-3-5-17(14)22/h2-7,10,15,18H,8-9,11H2,1H3,(H2,23,24,25). The maximum atomic E-state index is 13.8. The number of nitrogens with zero attached hydrogens (tertiary/aromatic N) is 1. The lowest BCUT2D eigenvalue weighted by atomic mass is 10.1. The molecule has 1 fully saturated rings. The van der Waals surface area contributed by atoms with Crippen LogP contribution in [0.15, 0.2) is 47.5 Å². The van der Waals surface area contributed by atoms with Crippen molar-refractivity contribution >= 4 is 5.96 Å². The van der Waals surface area contributed by atoms with E-state index < -0.39 is 11.6 Å². The third-order valence-electron chi connectivity index (χ3n) is 4.34. The molecule has 0 radical (unpaired) electrons. The fraction of sp³-hybridized carbons (Fsp3) is 0.316. The van der Waals surface area contributed by atoms with Crippen LogP contribution in [0.4, 0.5) is 13.2 Å². The molecule has 0 amide bonds. The molecule has 0 aliphatic heterocycles. The lowest BCUT2D eigenvalue weighted by molar-refractivity contribution is 0.583. The average molecular weight is 347 g/mol. The maximum absolute atomic E-state index is 13.8. The number of guanidine groups is 1. The van der Waals surface area contributed by atoms with Gasteiger partial charge < -0.3 is 10.6 Å². The minimum Gasteiger partial charge on any atom is -0.356 e. The SMILES string of the molecule is CN=C(NCCc1cc(F)ccc1F)NC1CC1c1ccccc1F. The van der Waals surface area contributed by atoms with Crippen molar-refractivity contribution in [3.05, 3.63) is 71.0 Å². The van der Waals surface area contributed by atoms with Crippen LogP contribution in [-0.2, 0) is 6.42 Å². The first-order valence-corrected chi connectivity index (χ1v) is 8.24. The minimum atomic E-state index is -0.454. The number of nitrogens with one attached hydrogen (secondary N) is 2. The Bertz CT molecular complexity index is 776. The maximum Gasteiger partial charge on any atom is 0.191 e. The number of halogens is 3. The molecule has 0 spiro atoms. The molecule has 0 aromatic heterocycles. The Balaban J connectivity index is 1.50. The van der Waals surface area contributed by atoms with Gasteiger partial charge in [0.2, 0.25) is 0 Å². The van der Waals surface area contributed by atoms with Gasteiger partial charge in [-0.1, -0.05) is 18.2 Å². The molecule has 1 aliphatic carbocycles. The van der Waals surface area contributed by atoms with Crippen LogP contribution >= 0.6 is 0 Å². The summed E-state index contributed by atoms with van der Waals surface area (Å²) < 4.78 is 40.6. The molecule has 1 saturated carbocycles. The normalized spacial score (nSPS) is 19.6. The van der Waals surface area contributed by atoms with E-state index in [1.807, 2.05) is 6.07 Å². The summed E-state index contributed by atoms with van der Waals surface area (Å²) in [5.41, 5.74) is 1.02. The summed E-state index contributed by atoms with van der Waals surface area (Å²) in [7, 11) is 1.64. The molecule has 2 atom stereocenters. The van der Waals surface area contributed by atoms with Gasteiger partial charge in [-0.25, -0.2) is 13.2 Å². The Morgan fingerprint density at radius 2 is 1.92 bits per heavy atom. The lowest BCUT2D eigenvalue weighted by Gasteiger charge is -2.12. The Labute approximate surface area is 145 Å². The van der Waals surface area contributed by atoms with Crippen molar-refractivity contribution in [2.45, 2.75) is 24.8 Å². The molecule has 0 heterocycles. The van der Waals surface area contributed by atoms with Crippen LogP contribution in [0.2, 0.25) is 0 Å². The Morgan fingerprint density at radius 3 is 2.68 bits per heavy atom. The highest BCUT2D eigenvalue weighted by Crippen LogP contribution is 2.41. The van der Waals surface area contributed by atoms with Gasteiger partial charge in [-0.15, -0.1) is 0 Å². The van der Waals surface area contributed by atoms with Gasteiger partial charge in [-0.05, 0) is 48.2 Å². The van der Waals surface area contributed by atoms with Gasteiger partial charge in [0.15, 0.2) is 5.96 Å². The Hall–Kier alpha value is -2.50. The predicted molar refractivity (Wildman–Crippen MR) is 92.1 cm³/mol. The van der Waals surface area contributed by atoms with E-state index in [4.69, 9.17) is 0 Å². The molecule has 3 rings (SSSR count). The lowest BCUT2D eigenvalue weighted by Crippen LogP contribution is -2.40. The molecular formula is C19H20F3N3. The van der Waals surface area contributed by atoms with E-state index in [9.17, 15) is 13.2 Å². The second-order valence-corrected chi connectivity index (χ2v) is 6.10. The summed E-state index contributed by atoms with van der Waals surface area (Å²) in [4.78, 5) is 4.12. The minimum absolute atomic E-state index is 0.119. The molecule has 2 N–H and O–H groups in total. The molecule has 3 nitrogen and oxygen atoms in total. The van der Waals surface area contributed by atoms with Crippen molar-refractivity contribution in [3.8, 4) is 0 Å². The highest BCUT2D eigenvalue weighted by molar-refractivity contribution is 5.80. The van der Waals surface area contributed by atoms with Crippen molar-refractivity contribution in [2.75, 3.05) is 13.6 Å². The first-order valence-electron chi connectivity index (χ1n) is 8.24. The first kappa shape index (κ1) is 17.3. The van der Waals surface area contributed by atoms with Gasteiger partial charge in [0.05, 0.1) is 0 Å². The van der Waals surface area contributed by atoms with E-state index in [0.717, 1.165) is 18.6 Å². The molecule has 25 heavy (non-hydrogen) atoms. The Morgan fingerprint density at radius 1 is 1.12 bits per heavy atom. The van der Waals surface area contributed by atoms with Crippen LogP contribution in [0.3, 0.4) is 0 Å². The fourth-order valence-corrected chi connectivity index (χ4v) is 2.89. The summed E-state index contributed by atoms with van der Waals surface area (Å²) in [6.45, 7) is 0.414. The van der Waals surface area contributed by atoms with Gasteiger partial charge in [-0.3, -0.25) is 4.99 Å². The van der Waals surface area contributed by atoms with Gasteiger partial charge in [-0.2, -0.15) is 0 Å². The molecule has 6 heteroatoms. The van der Waals surface area contributed by atoms with Crippen LogP contribution in [0.1, 0.15) is 23.5 Å². The van der Waals surface area contributed by atoms with Crippen molar-refractivity contribution in [3.63, 3.8) is 0 Å². The molecular weight excluding hydrogens is 327 g/mol. The molecule has 1 aliphatic rings. The molecule has 132 valence electrons. The highest BCUT2D eigenvalue weighted by Gasteiger charge is 2.40. The second-order valence-electron chi connectivity index (χ2n) is 6.10. The van der Waals surface area contributed by atoms with E-state index in [1.54, 1.807) is 19.2 Å². The van der Waals surface area contributed by atoms with Gasteiger partial charge in [0, 0.05) is 25.6 Å². The van der Waals surface area contributed by atoms with Crippen LogP contribution in [0.5, 0.6) is 0 Å². The average Bonchev–Trinajstić information content (AvgIpc) is 3.36. The predicted octanol–water partition coefficient (Wildman–Crippen LogP) is 3.37. The summed E-state index contributed by atoms with van der Waals surface area (Å²) in [5, 5.41) is 6.31. The topological polar surface area (TPSA) is 36.4 Å². The highest BCUT2D eigenvalue weighted by atomic mass is 19.1. The smallest absolute Gasteiger partial charge is 0.191 e. The van der Waals surface area contributed by atoms with Crippen LogP contribution in [-0.4, -0.2) is 25.6 Å². The first-order chi connectivity index (χ1) is 12.1. The summed E-state index contributed by atoms with van der Waals surface area (Å²) >= 11 is 0. The third kappa shape index (κ3) is 4.32. The van der Waals surface area contributed by atoms with Crippen molar-refractivity contribution < 1.29 is 13.2 Å². The number of hydrogen-bond donors (Lipinski definition) is 2. The fourth-order valence-electron chi connectivity index (χ4n) is 2.89. The van der Waals surface area contributed by atoms with E-state index >= 15 is 0 Å². The number of hydrogen-bond acceptors (Lipinski definition) is 1. The van der Waals surface area contributed by atoms with E-state index in [2.05, 4.69) is 15.6 Å². The Kier molecular flexibility index (Phi) is 5.26. The quantitative estimate of drug-likeness (QED) is 0.643. The largest absolute Gasteiger partial charge is 0.356 e. The monoisotopic (exact) mass is 347 g/mol.